The molecule has 1 heterocycles. The van der Waals surface area contributed by atoms with Crippen molar-refractivity contribution < 1.29 is 14.6 Å². The van der Waals surface area contributed by atoms with E-state index >= 15 is 0 Å². The van der Waals surface area contributed by atoms with Crippen LogP contribution in [-0.2, 0) is 6.42 Å². The number of rotatable bonds is 1. The van der Waals surface area contributed by atoms with Crippen molar-refractivity contribution in [1.82, 2.24) is 0 Å². The highest BCUT2D eigenvalue weighted by atomic mass is 35.5. The molecular weight excluding hydrogens is 218 g/mol. The zero-order valence-corrected chi connectivity index (χ0v) is 8.84. The van der Waals surface area contributed by atoms with Gasteiger partial charge in [-0.2, -0.15) is 0 Å². The first-order valence-corrected chi connectivity index (χ1v) is 4.89. The maximum atomic E-state index is 11.0. The third-order valence-electron chi connectivity index (χ3n) is 2.41. The maximum absolute atomic E-state index is 11.0. The fourth-order valence-electron chi connectivity index (χ4n) is 1.73. The summed E-state index contributed by atoms with van der Waals surface area (Å²) in [6.45, 7) is 1.86. The largest absolute Gasteiger partial charge is 0.489 e. The van der Waals surface area contributed by atoms with E-state index in [0.29, 0.717) is 23.4 Å². The summed E-state index contributed by atoms with van der Waals surface area (Å²) in [5, 5.41) is 9.24. The highest BCUT2D eigenvalue weighted by Crippen LogP contribution is 2.40. The third kappa shape index (κ3) is 1.51. The Balaban J connectivity index is 2.66. The van der Waals surface area contributed by atoms with Crippen LogP contribution < -0.4 is 10.5 Å². The summed E-state index contributed by atoms with van der Waals surface area (Å²) in [7, 11) is 0. The monoisotopic (exact) mass is 227 g/mol. The van der Waals surface area contributed by atoms with Gasteiger partial charge in [-0.3, -0.25) is 0 Å². The molecule has 0 fully saturated rings. The van der Waals surface area contributed by atoms with Crippen molar-refractivity contribution in [2.45, 2.75) is 19.4 Å². The molecule has 0 saturated heterocycles. The zero-order valence-electron chi connectivity index (χ0n) is 8.08. The van der Waals surface area contributed by atoms with Crippen LogP contribution in [0.2, 0.25) is 5.02 Å². The molecule has 3 N–H and O–H groups in total. The van der Waals surface area contributed by atoms with Gasteiger partial charge in [0.15, 0.2) is 0 Å². The van der Waals surface area contributed by atoms with Gasteiger partial charge in [-0.15, -0.1) is 0 Å². The summed E-state index contributed by atoms with van der Waals surface area (Å²) < 4.78 is 5.42. The molecule has 1 aliphatic heterocycles. The first-order chi connectivity index (χ1) is 7.00. The van der Waals surface area contributed by atoms with Gasteiger partial charge in [-0.1, -0.05) is 11.6 Å². The van der Waals surface area contributed by atoms with E-state index in [1.54, 1.807) is 0 Å². The molecule has 1 atom stereocenters. The highest BCUT2D eigenvalue weighted by Gasteiger charge is 2.28. The molecule has 0 spiro atoms. The summed E-state index contributed by atoms with van der Waals surface area (Å²) in [5.41, 5.74) is 6.96. The Bertz CT molecular complexity index is 445. The number of hydrogen-bond acceptors (Lipinski definition) is 3. The minimum absolute atomic E-state index is 0.0566. The molecule has 1 aromatic carbocycles. The molecule has 4 nitrogen and oxygen atoms in total. The molecule has 0 radical (unpaired) electrons. The Morgan fingerprint density at radius 3 is 3.00 bits per heavy atom. The van der Waals surface area contributed by atoms with Crippen LogP contribution in [0.25, 0.3) is 0 Å². The molecule has 1 aliphatic rings. The minimum atomic E-state index is -1.05. The lowest BCUT2D eigenvalue weighted by molar-refractivity contribution is 0.0692. The standard InChI is InChI=1S/C10H10ClNO3/c1-4-2-5-8(12)7(11)3-6(10(13)14)9(5)15-4/h3-4H,2,12H2,1H3,(H,13,14). The lowest BCUT2D eigenvalue weighted by Gasteiger charge is -2.08. The predicted molar refractivity (Wildman–Crippen MR) is 56.6 cm³/mol. The van der Waals surface area contributed by atoms with Gasteiger partial charge in [-0.05, 0) is 13.0 Å². The van der Waals surface area contributed by atoms with E-state index in [1.165, 1.54) is 6.07 Å². The van der Waals surface area contributed by atoms with Crippen LogP contribution in [-0.4, -0.2) is 17.2 Å². The average Bonchev–Trinajstić information content (AvgIpc) is 2.53. The summed E-state index contributed by atoms with van der Waals surface area (Å²) in [6, 6.07) is 1.33. The number of nitrogen functional groups attached to an aromatic ring is 1. The van der Waals surface area contributed by atoms with Gasteiger partial charge in [-0.25, -0.2) is 4.79 Å². The van der Waals surface area contributed by atoms with E-state index in [0.717, 1.165) is 0 Å². The third-order valence-corrected chi connectivity index (χ3v) is 2.73. The average molecular weight is 228 g/mol. The number of carboxylic acids is 1. The Labute approximate surface area is 91.6 Å². The second-order valence-corrected chi connectivity index (χ2v) is 3.97. The number of ether oxygens (including phenoxy) is 1. The number of carbonyl (C=O) groups is 1. The van der Waals surface area contributed by atoms with Gasteiger partial charge in [0, 0.05) is 12.0 Å². The molecule has 15 heavy (non-hydrogen) atoms. The van der Waals surface area contributed by atoms with Gasteiger partial charge < -0.3 is 15.6 Å². The fraction of sp³-hybridized carbons (Fsp3) is 0.300. The normalized spacial score (nSPS) is 18.4. The van der Waals surface area contributed by atoms with Crippen molar-refractivity contribution in [2.24, 2.45) is 0 Å². The lowest BCUT2D eigenvalue weighted by Crippen LogP contribution is -2.07. The zero-order chi connectivity index (χ0) is 11.2. The first kappa shape index (κ1) is 10.1. The minimum Gasteiger partial charge on any atom is -0.489 e. The highest BCUT2D eigenvalue weighted by molar-refractivity contribution is 6.33. The fourth-order valence-corrected chi connectivity index (χ4v) is 1.95. The summed E-state index contributed by atoms with van der Waals surface area (Å²) >= 11 is 5.85. The SMILES string of the molecule is CC1Cc2c(N)c(Cl)cc(C(=O)O)c2O1. The molecule has 0 saturated carbocycles. The van der Waals surface area contributed by atoms with Crippen LogP contribution in [0.5, 0.6) is 5.75 Å². The van der Waals surface area contributed by atoms with E-state index in [1.807, 2.05) is 6.92 Å². The lowest BCUT2D eigenvalue weighted by atomic mass is 10.0. The van der Waals surface area contributed by atoms with E-state index in [2.05, 4.69) is 0 Å². The molecule has 0 aromatic heterocycles. The number of carboxylic acid groups (broad SMARTS) is 1. The van der Waals surface area contributed by atoms with Crippen molar-refractivity contribution >= 4 is 23.3 Å². The van der Waals surface area contributed by atoms with Crippen molar-refractivity contribution in [3.63, 3.8) is 0 Å². The molecular formula is C10H10ClNO3. The van der Waals surface area contributed by atoms with Gasteiger partial charge in [0.1, 0.15) is 17.4 Å². The van der Waals surface area contributed by atoms with Crippen molar-refractivity contribution in [3.8, 4) is 5.75 Å². The van der Waals surface area contributed by atoms with Crippen molar-refractivity contribution in [3.05, 3.63) is 22.2 Å². The number of fused-ring (bicyclic) bond motifs is 1. The molecule has 5 heteroatoms. The molecule has 0 bridgehead atoms. The molecule has 0 aliphatic carbocycles. The van der Waals surface area contributed by atoms with E-state index in [4.69, 9.17) is 27.2 Å². The molecule has 0 amide bonds. The number of aromatic carboxylic acids is 1. The molecule has 1 aromatic rings. The van der Waals surface area contributed by atoms with Crippen LogP contribution >= 0.6 is 11.6 Å². The first-order valence-electron chi connectivity index (χ1n) is 4.51. The second-order valence-electron chi connectivity index (χ2n) is 3.57. The van der Waals surface area contributed by atoms with E-state index in [9.17, 15) is 4.79 Å². The van der Waals surface area contributed by atoms with Crippen LogP contribution in [0, 0.1) is 0 Å². The molecule has 1 unspecified atom stereocenters. The van der Waals surface area contributed by atoms with Crippen LogP contribution in [0.3, 0.4) is 0 Å². The Morgan fingerprint density at radius 2 is 2.40 bits per heavy atom. The topological polar surface area (TPSA) is 72.6 Å². The van der Waals surface area contributed by atoms with E-state index in [-0.39, 0.29) is 16.7 Å². The number of hydrogen-bond donors (Lipinski definition) is 2. The number of benzene rings is 1. The van der Waals surface area contributed by atoms with Gasteiger partial charge >= 0.3 is 5.97 Å². The van der Waals surface area contributed by atoms with Crippen LogP contribution in [0.1, 0.15) is 22.8 Å². The maximum Gasteiger partial charge on any atom is 0.339 e. The van der Waals surface area contributed by atoms with E-state index < -0.39 is 5.97 Å². The number of halogens is 1. The van der Waals surface area contributed by atoms with Crippen LogP contribution in [0.4, 0.5) is 5.69 Å². The predicted octanol–water partition coefficient (Wildman–Crippen LogP) is 1.94. The Kier molecular flexibility index (Phi) is 2.23. The Morgan fingerprint density at radius 1 is 1.73 bits per heavy atom. The van der Waals surface area contributed by atoms with Gasteiger partial charge in [0.25, 0.3) is 0 Å². The van der Waals surface area contributed by atoms with Crippen molar-refractivity contribution in [1.29, 1.82) is 0 Å². The smallest absolute Gasteiger partial charge is 0.339 e. The quantitative estimate of drug-likeness (QED) is 0.720. The van der Waals surface area contributed by atoms with Gasteiger partial charge in [0.05, 0.1) is 10.7 Å². The van der Waals surface area contributed by atoms with Crippen LogP contribution in [0.15, 0.2) is 6.07 Å². The number of nitrogens with two attached hydrogens (primary N) is 1. The second kappa shape index (κ2) is 3.31. The molecule has 2 rings (SSSR count). The summed E-state index contributed by atoms with van der Waals surface area (Å²) in [4.78, 5) is 11.0. The Hall–Kier alpha value is -1.42. The van der Waals surface area contributed by atoms with Crippen molar-refractivity contribution in [2.75, 3.05) is 5.73 Å². The molecule has 80 valence electrons. The van der Waals surface area contributed by atoms with Gasteiger partial charge in [0.2, 0.25) is 0 Å². The number of anilines is 1. The summed E-state index contributed by atoms with van der Waals surface area (Å²) in [6.07, 6.45) is 0.543. The summed E-state index contributed by atoms with van der Waals surface area (Å²) in [5.74, 6) is -0.695.